The number of para-hydroxylation sites is 1. The van der Waals surface area contributed by atoms with E-state index in [1.165, 1.54) is 0 Å². The van der Waals surface area contributed by atoms with Crippen molar-refractivity contribution < 1.29 is 22.7 Å². The number of methoxy groups -OCH3 is 1. The van der Waals surface area contributed by atoms with Gasteiger partial charge in [-0.1, -0.05) is 18.2 Å². The van der Waals surface area contributed by atoms with Crippen molar-refractivity contribution >= 4 is 15.8 Å². The quantitative estimate of drug-likeness (QED) is 0.742. The van der Waals surface area contributed by atoms with E-state index in [1.54, 1.807) is 24.3 Å². The van der Waals surface area contributed by atoms with Gasteiger partial charge in [0.05, 0.1) is 19.0 Å². The number of hydrogen-bond acceptors (Lipinski definition) is 5. The fourth-order valence-electron chi connectivity index (χ4n) is 1.52. The topological polar surface area (TPSA) is 69.7 Å². The van der Waals surface area contributed by atoms with Gasteiger partial charge in [-0.15, -0.1) is 0 Å². The zero-order valence-corrected chi connectivity index (χ0v) is 12.1. The molecule has 0 aliphatic rings. The van der Waals surface area contributed by atoms with Gasteiger partial charge in [0.25, 0.3) is 0 Å². The van der Waals surface area contributed by atoms with Crippen molar-refractivity contribution in [3.8, 4) is 5.75 Å². The second kappa shape index (κ2) is 6.56. The van der Waals surface area contributed by atoms with E-state index in [2.05, 4.69) is 4.74 Å². The number of carbonyl (C=O) groups excluding carboxylic acids is 1. The Bertz CT molecular complexity index is 534. The number of sulfone groups is 1. The van der Waals surface area contributed by atoms with Gasteiger partial charge in [0.2, 0.25) is 0 Å². The van der Waals surface area contributed by atoms with Crippen LogP contribution in [-0.2, 0) is 25.1 Å². The largest absolute Gasteiger partial charge is 0.491 e. The van der Waals surface area contributed by atoms with E-state index in [9.17, 15) is 13.2 Å². The lowest BCUT2D eigenvalue weighted by Crippen LogP contribution is -2.19. The molecule has 0 atom stereocenters. The lowest BCUT2D eigenvalue weighted by molar-refractivity contribution is -0.137. The van der Waals surface area contributed by atoms with E-state index in [4.69, 9.17) is 4.74 Å². The molecular weight excluding hydrogens is 268 g/mol. The summed E-state index contributed by atoms with van der Waals surface area (Å²) in [7, 11) is -2.40. The summed E-state index contributed by atoms with van der Waals surface area (Å²) in [6, 6.07) is 6.89. The molecule has 0 heterocycles. The Morgan fingerprint density at radius 3 is 2.47 bits per heavy atom. The summed E-state index contributed by atoms with van der Waals surface area (Å²) < 4.78 is 33.6. The fraction of sp³-hybridized carbons (Fsp3) is 0.462. The Labute approximate surface area is 113 Å². The lowest BCUT2D eigenvalue weighted by atomic mass is 10.2. The highest BCUT2D eigenvalue weighted by Crippen LogP contribution is 2.22. The summed E-state index contributed by atoms with van der Waals surface area (Å²) in [4.78, 5) is 11.0. The van der Waals surface area contributed by atoms with Crippen LogP contribution in [0.1, 0.15) is 19.4 Å². The van der Waals surface area contributed by atoms with Gasteiger partial charge in [-0.2, -0.15) is 0 Å². The summed E-state index contributed by atoms with van der Waals surface area (Å²) in [5.41, 5.74) is 0.542. The standard InChI is InChI=1S/C13H18O5S/c1-10(2)18-12-7-5-4-6-11(12)8-19(15,16)9-13(14)17-3/h4-7,10H,8-9H2,1-3H3. The normalized spacial score (nSPS) is 11.4. The monoisotopic (exact) mass is 286 g/mol. The van der Waals surface area contributed by atoms with E-state index in [-0.39, 0.29) is 11.9 Å². The van der Waals surface area contributed by atoms with Gasteiger partial charge < -0.3 is 9.47 Å². The molecule has 0 N–H and O–H groups in total. The summed E-state index contributed by atoms with van der Waals surface area (Å²) >= 11 is 0. The van der Waals surface area contributed by atoms with Crippen LogP contribution >= 0.6 is 0 Å². The average molecular weight is 286 g/mol. The summed E-state index contributed by atoms with van der Waals surface area (Å²) in [5.74, 6) is -1.11. The van der Waals surface area contributed by atoms with Gasteiger partial charge in [0, 0.05) is 5.56 Å². The van der Waals surface area contributed by atoms with Crippen LogP contribution in [-0.4, -0.2) is 33.4 Å². The first-order valence-electron chi connectivity index (χ1n) is 5.86. The summed E-state index contributed by atoms with van der Waals surface area (Å²) in [6.07, 6.45) is -0.0514. The van der Waals surface area contributed by atoms with E-state index in [0.29, 0.717) is 11.3 Å². The maximum atomic E-state index is 11.9. The summed E-state index contributed by atoms with van der Waals surface area (Å²) in [5, 5.41) is 0. The first-order chi connectivity index (χ1) is 8.84. The molecule has 1 aromatic rings. The van der Waals surface area contributed by atoms with Gasteiger partial charge >= 0.3 is 5.97 Å². The highest BCUT2D eigenvalue weighted by atomic mass is 32.2. The number of rotatable bonds is 6. The molecule has 0 radical (unpaired) electrons. The van der Waals surface area contributed by atoms with E-state index < -0.39 is 21.6 Å². The van der Waals surface area contributed by atoms with Crippen LogP contribution < -0.4 is 4.74 Å². The third-order valence-corrected chi connectivity index (χ3v) is 3.70. The van der Waals surface area contributed by atoms with Crippen LogP contribution in [0.25, 0.3) is 0 Å². The molecule has 0 bridgehead atoms. The Morgan fingerprint density at radius 2 is 1.89 bits per heavy atom. The Balaban J connectivity index is 2.90. The maximum Gasteiger partial charge on any atom is 0.320 e. The van der Waals surface area contributed by atoms with Crippen LogP contribution in [0, 0.1) is 0 Å². The molecule has 1 rings (SSSR count). The van der Waals surface area contributed by atoms with Crippen molar-refractivity contribution in [1.29, 1.82) is 0 Å². The fourth-order valence-corrected chi connectivity index (χ4v) is 2.81. The predicted molar refractivity (Wildman–Crippen MR) is 71.7 cm³/mol. The number of esters is 1. The van der Waals surface area contributed by atoms with Gasteiger partial charge in [-0.05, 0) is 19.9 Å². The smallest absolute Gasteiger partial charge is 0.320 e. The molecule has 0 aliphatic carbocycles. The number of benzene rings is 1. The lowest BCUT2D eigenvalue weighted by Gasteiger charge is -2.14. The number of carbonyl (C=O) groups is 1. The Kier molecular flexibility index (Phi) is 5.35. The molecule has 5 nitrogen and oxygen atoms in total. The zero-order valence-electron chi connectivity index (χ0n) is 11.3. The van der Waals surface area contributed by atoms with Gasteiger partial charge in [0.15, 0.2) is 9.84 Å². The van der Waals surface area contributed by atoms with Crippen LogP contribution in [0.15, 0.2) is 24.3 Å². The Hall–Kier alpha value is -1.56. The molecule has 0 aromatic heterocycles. The van der Waals surface area contributed by atoms with Crippen LogP contribution in [0.3, 0.4) is 0 Å². The molecule has 19 heavy (non-hydrogen) atoms. The van der Waals surface area contributed by atoms with Crippen molar-refractivity contribution in [1.82, 2.24) is 0 Å². The number of hydrogen-bond donors (Lipinski definition) is 0. The van der Waals surface area contributed by atoms with Gasteiger partial charge in [-0.3, -0.25) is 4.79 Å². The molecule has 0 unspecified atom stereocenters. The molecule has 0 aliphatic heterocycles. The van der Waals surface area contributed by atoms with Gasteiger partial charge in [0.1, 0.15) is 11.5 Å². The Morgan fingerprint density at radius 1 is 1.26 bits per heavy atom. The highest BCUT2D eigenvalue weighted by Gasteiger charge is 2.20. The summed E-state index contributed by atoms with van der Waals surface area (Å²) in [6.45, 7) is 3.72. The van der Waals surface area contributed by atoms with Crippen LogP contribution in [0.4, 0.5) is 0 Å². The third-order valence-electron chi connectivity index (χ3n) is 2.28. The molecule has 0 fully saturated rings. The average Bonchev–Trinajstić information content (AvgIpc) is 2.30. The van der Waals surface area contributed by atoms with Crippen molar-refractivity contribution in [2.75, 3.05) is 12.9 Å². The molecule has 0 amide bonds. The second-order valence-corrected chi connectivity index (χ2v) is 6.45. The molecule has 1 aromatic carbocycles. The first kappa shape index (κ1) is 15.5. The molecule has 0 saturated carbocycles. The third kappa shape index (κ3) is 5.30. The van der Waals surface area contributed by atoms with Crippen molar-refractivity contribution in [3.63, 3.8) is 0 Å². The zero-order chi connectivity index (χ0) is 14.5. The van der Waals surface area contributed by atoms with Crippen molar-refractivity contribution in [2.45, 2.75) is 25.7 Å². The molecule has 106 valence electrons. The minimum atomic E-state index is -3.56. The number of ether oxygens (including phenoxy) is 2. The highest BCUT2D eigenvalue weighted by molar-refractivity contribution is 7.91. The molecule has 6 heteroatoms. The van der Waals surface area contributed by atoms with E-state index in [0.717, 1.165) is 7.11 Å². The minimum absolute atomic E-state index is 0.0514. The van der Waals surface area contributed by atoms with Crippen LogP contribution in [0.2, 0.25) is 0 Å². The van der Waals surface area contributed by atoms with E-state index in [1.807, 2.05) is 13.8 Å². The van der Waals surface area contributed by atoms with Gasteiger partial charge in [-0.25, -0.2) is 8.42 Å². The molecule has 0 saturated heterocycles. The van der Waals surface area contributed by atoms with Crippen LogP contribution in [0.5, 0.6) is 5.75 Å². The SMILES string of the molecule is COC(=O)CS(=O)(=O)Cc1ccccc1OC(C)C. The molecular formula is C13H18O5S. The predicted octanol–water partition coefficient (Wildman–Crippen LogP) is 1.56. The minimum Gasteiger partial charge on any atom is -0.491 e. The first-order valence-corrected chi connectivity index (χ1v) is 7.68. The van der Waals surface area contributed by atoms with Crippen molar-refractivity contribution in [3.05, 3.63) is 29.8 Å². The second-order valence-electron chi connectivity index (χ2n) is 4.38. The van der Waals surface area contributed by atoms with E-state index >= 15 is 0 Å². The molecule has 0 spiro atoms. The maximum absolute atomic E-state index is 11.9. The van der Waals surface area contributed by atoms with Crippen molar-refractivity contribution in [2.24, 2.45) is 0 Å².